The fraction of sp³-hybridized carbons (Fsp3) is 0.273. The maximum absolute atomic E-state index is 12.9. The Morgan fingerprint density at radius 3 is 2.61 bits per heavy atom. The van der Waals surface area contributed by atoms with E-state index in [1.54, 1.807) is 12.1 Å². The molecule has 1 unspecified atom stereocenters. The standard InChI is InChI=1S/C22H24N2O3S/c1-24(2)21(18-8-10-22-19(13-18)11-12-27-22)15-23-28(25,26)20-9-7-16-5-3-4-6-17(16)14-20/h3-10,13-14,21,23H,11-12,15H2,1-2H3. The number of likely N-dealkylation sites (N-methyl/N-ethyl adjacent to an activating group) is 1. The Labute approximate surface area is 166 Å². The number of nitrogens with zero attached hydrogens (tertiary/aromatic N) is 1. The third-order valence-corrected chi connectivity index (χ3v) is 6.64. The lowest BCUT2D eigenvalue weighted by atomic mass is 10.0. The smallest absolute Gasteiger partial charge is 0.240 e. The summed E-state index contributed by atoms with van der Waals surface area (Å²) < 4.78 is 34.1. The average molecular weight is 397 g/mol. The maximum atomic E-state index is 12.9. The zero-order chi connectivity index (χ0) is 19.7. The minimum Gasteiger partial charge on any atom is -0.493 e. The quantitative estimate of drug-likeness (QED) is 0.694. The van der Waals surface area contributed by atoms with Crippen molar-refractivity contribution >= 4 is 20.8 Å². The Balaban J connectivity index is 1.56. The van der Waals surface area contributed by atoms with Gasteiger partial charge in [0.15, 0.2) is 0 Å². The molecule has 4 rings (SSSR count). The zero-order valence-corrected chi connectivity index (χ0v) is 16.9. The molecule has 1 atom stereocenters. The number of hydrogen-bond donors (Lipinski definition) is 1. The van der Waals surface area contributed by atoms with Gasteiger partial charge >= 0.3 is 0 Å². The first-order valence-corrected chi connectivity index (χ1v) is 10.8. The monoisotopic (exact) mass is 396 g/mol. The molecule has 0 saturated carbocycles. The van der Waals surface area contributed by atoms with Crippen LogP contribution in [0.5, 0.6) is 5.75 Å². The number of fused-ring (bicyclic) bond motifs is 2. The van der Waals surface area contributed by atoms with Gasteiger partial charge in [-0.25, -0.2) is 13.1 Å². The summed E-state index contributed by atoms with van der Waals surface area (Å²) in [4.78, 5) is 2.31. The van der Waals surface area contributed by atoms with E-state index in [4.69, 9.17) is 4.74 Å². The van der Waals surface area contributed by atoms with E-state index in [0.717, 1.165) is 28.5 Å². The SMILES string of the molecule is CN(C)C(CNS(=O)(=O)c1ccc2ccccc2c1)c1ccc2c(c1)CCO2. The highest BCUT2D eigenvalue weighted by Gasteiger charge is 2.22. The second kappa shape index (κ2) is 7.54. The molecule has 3 aromatic rings. The summed E-state index contributed by atoms with van der Waals surface area (Å²) in [5, 5.41) is 1.93. The molecule has 1 heterocycles. The maximum Gasteiger partial charge on any atom is 0.240 e. The second-order valence-corrected chi connectivity index (χ2v) is 9.07. The zero-order valence-electron chi connectivity index (χ0n) is 16.1. The van der Waals surface area contributed by atoms with Crippen LogP contribution in [0.3, 0.4) is 0 Å². The molecule has 0 radical (unpaired) electrons. The van der Waals surface area contributed by atoms with Crippen LogP contribution in [0, 0.1) is 0 Å². The molecular weight excluding hydrogens is 372 g/mol. The second-order valence-electron chi connectivity index (χ2n) is 7.31. The summed E-state index contributed by atoms with van der Waals surface area (Å²) in [5.41, 5.74) is 2.26. The predicted molar refractivity (Wildman–Crippen MR) is 111 cm³/mol. The highest BCUT2D eigenvalue weighted by atomic mass is 32.2. The molecule has 146 valence electrons. The van der Waals surface area contributed by atoms with E-state index in [9.17, 15) is 8.42 Å². The normalized spacial score (nSPS) is 14.8. The molecule has 3 aromatic carbocycles. The minimum absolute atomic E-state index is 0.0684. The molecule has 0 aromatic heterocycles. The molecule has 5 nitrogen and oxygen atoms in total. The first kappa shape index (κ1) is 18.9. The van der Waals surface area contributed by atoms with E-state index in [1.165, 1.54) is 5.56 Å². The van der Waals surface area contributed by atoms with Crippen molar-refractivity contribution in [1.29, 1.82) is 0 Å². The molecule has 0 saturated heterocycles. The topological polar surface area (TPSA) is 58.6 Å². The molecule has 6 heteroatoms. The van der Waals surface area contributed by atoms with Crippen LogP contribution >= 0.6 is 0 Å². The summed E-state index contributed by atoms with van der Waals surface area (Å²) in [6.45, 7) is 1.00. The van der Waals surface area contributed by atoms with Gasteiger partial charge in [0.2, 0.25) is 10.0 Å². The third kappa shape index (κ3) is 3.76. The summed E-state index contributed by atoms with van der Waals surface area (Å²) in [6, 6.07) is 19.0. The number of ether oxygens (including phenoxy) is 1. The molecule has 0 aliphatic carbocycles. The van der Waals surface area contributed by atoms with Gasteiger partial charge < -0.3 is 9.64 Å². The Bertz CT molecular complexity index is 1110. The molecule has 0 spiro atoms. The van der Waals surface area contributed by atoms with E-state index >= 15 is 0 Å². The fourth-order valence-corrected chi connectivity index (χ4v) is 4.69. The predicted octanol–water partition coefficient (Wildman–Crippen LogP) is 3.36. The number of hydrogen-bond acceptors (Lipinski definition) is 4. The fourth-order valence-electron chi connectivity index (χ4n) is 3.62. The Morgan fingerprint density at radius 1 is 1.04 bits per heavy atom. The summed E-state index contributed by atoms with van der Waals surface area (Å²) >= 11 is 0. The molecule has 1 aliphatic rings. The number of nitrogens with one attached hydrogen (secondary N) is 1. The van der Waals surface area contributed by atoms with Gasteiger partial charge in [-0.3, -0.25) is 0 Å². The van der Waals surface area contributed by atoms with Crippen molar-refractivity contribution < 1.29 is 13.2 Å². The molecular formula is C22H24N2O3S. The summed E-state index contributed by atoms with van der Waals surface area (Å²) in [6.07, 6.45) is 0.895. The van der Waals surface area contributed by atoms with Crippen LogP contribution in [0.1, 0.15) is 17.2 Å². The lowest BCUT2D eigenvalue weighted by molar-refractivity contribution is 0.299. The van der Waals surface area contributed by atoms with Crippen molar-refractivity contribution in [2.45, 2.75) is 17.4 Å². The Morgan fingerprint density at radius 2 is 1.82 bits per heavy atom. The summed E-state index contributed by atoms with van der Waals surface area (Å²) in [5.74, 6) is 0.929. The van der Waals surface area contributed by atoms with Gasteiger partial charge in [-0.1, -0.05) is 42.5 Å². The van der Waals surface area contributed by atoms with Crippen LogP contribution in [0.25, 0.3) is 10.8 Å². The van der Waals surface area contributed by atoms with Crippen LogP contribution in [-0.2, 0) is 16.4 Å². The lowest BCUT2D eigenvalue weighted by Gasteiger charge is -2.25. The first-order valence-electron chi connectivity index (χ1n) is 9.34. The number of sulfonamides is 1. The van der Waals surface area contributed by atoms with Crippen LogP contribution < -0.4 is 9.46 Å². The van der Waals surface area contributed by atoms with Crippen LogP contribution in [0.4, 0.5) is 0 Å². The van der Waals surface area contributed by atoms with Crippen molar-refractivity contribution in [3.63, 3.8) is 0 Å². The number of benzene rings is 3. The van der Waals surface area contributed by atoms with E-state index in [2.05, 4.69) is 10.8 Å². The van der Waals surface area contributed by atoms with E-state index in [1.807, 2.05) is 61.5 Å². The van der Waals surface area contributed by atoms with Gasteiger partial charge in [0.25, 0.3) is 0 Å². The van der Waals surface area contributed by atoms with Crippen molar-refractivity contribution in [2.24, 2.45) is 0 Å². The van der Waals surface area contributed by atoms with Gasteiger partial charge in [-0.2, -0.15) is 0 Å². The molecule has 0 bridgehead atoms. The van der Waals surface area contributed by atoms with E-state index in [-0.39, 0.29) is 10.9 Å². The molecule has 28 heavy (non-hydrogen) atoms. The molecule has 1 N–H and O–H groups in total. The Kier molecular flexibility index (Phi) is 5.10. The van der Waals surface area contributed by atoms with Gasteiger partial charge in [0.05, 0.1) is 11.5 Å². The Hall–Kier alpha value is -2.41. The van der Waals surface area contributed by atoms with Gasteiger partial charge in [0.1, 0.15) is 5.75 Å². The van der Waals surface area contributed by atoms with Crippen LogP contribution in [-0.4, -0.2) is 40.6 Å². The molecule has 0 fully saturated rings. The van der Waals surface area contributed by atoms with Gasteiger partial charge in [-0.15, -0.1) is 0 Å². The average Bonchev–Trinajstić information content (AvgIpc) is 3.15. The van der Waals surface area contributed by atoms with Crippen molar-refractivity contribution in [1.82, 2.24) is 9.62 Å². The van der Waals surface area contributed by atoms with Crippen molar-refractivity contribution in [3.05, 3.63) is 71.8 Å². The van der Waals surface area contributed by atoms with Gasteiger partial charge in [-0.05, 0) is 54.2 Å². The van der Waals surface area contributed by atoms with E-state index in [0.29, 0.717) is 13.2 Å². The van der Waals surface area contributed by atoms with Crippen LogP contribution in [0.15, 0.2) is 65.6 Å². The van der Waals surface area contributed by atoms with Crippen LogP contribution in [0.2, 0.25) is 0 Å². The van der Waals surface area contributed by atoms with E-state index < -0.39 is 10.0 Å². The summed E-state index contributed by atoms with van der Waals surface area (Å²) in [7, 11) is 0.313. The first-order chi connectivity index (χ1) is 13.4. The number of rotatable bonds is 6. The lowest BCUT2D eigenvalue weighted by Crippen LogP contribution is -2.34. The largest absolute Gasteiger partial charge is 0.493 e. The minimum atomic E-state index is -3.60. The molecule has 1 aliphatic heterocycles. The van der Waals surface area contributed by atoms with Crippen molar-refractivity contribution in [2.75, 3.05) is 27.2 Å². The highest BCUT2D eigenvalue weighted by molar-refractivity contribution is 7.89. The third-order valence-electron chi connectivity index (χ3n) is 5.22. The van der Waals surface area contributed by atoms with Crippen molar-refractivity contribution in [3.8, 4) is 5.75 Å². The highest BCUT2D eigenvalue weighted by Crippen LogP contribution is 2.29. The molecule has 0 amide bonds. The van der Waals surface area contributed by atoms with Gasteiger partial charge in [0, 0.05) is 19.0 Å².